The highest BCUT2D eigenvalue weighted by Crippen LogP contribution is 2.37. The molecule has 3 rings (SSSR count). The molecule has 2 amide bonds. The number of cyclic esters (lactones) is 1. The van der Waals surface area contributed by atoms with Crippen LogP contribution in [0.3, 0.4) is 0 Å². The Bertz CT molecular complexity index is 668. The van der Waals surface area contributed by atoms with Crippen LogP contribution in [0.25, 0.3) is 0 Å². The summed E-state index contributed by atoms with van der Waals surface area (Å²) in [6.45, 7) is 11.1. The van der Waals surface area contributed by atoms with Crippen LogP contribution in [0.1, 0.15) is 60.6 Å². The maximum atomic E-state index is 12.5. The highest BCUT2D eigenvalue weighted by atomic mass is 32.1. The number of carbonyl (C=O) groups is 2. The van der Waals surface area contributed by atoms with E-state index < -0.39 is 0 Å². The number of likely N-dealkylation sites (tertiary alicyclic amines) is 1. The standard InChI is InChI=1S/C20H31N3O3S/c1-20(2,3)14-23-10-4-6-15(23)16-7-8-17(27-16)18(24)21-9-12-22-11-5-13-26-19(22)25/h7-8,15H,4-6,9-14H2,1-3H3,(H,21,24)/t15-/m1/s1. The van der Waals surface area contributed by atoms with Crippen LogP contribution in [0.5, 0.6) is 0 Å². The quantitative estimate of drug-likeness (QED) is 0.803. The average Bonchev–Trinajstić information content (AvgIpc) is 3.24. The molecular formula is C20H31N3O3S. The van der Waals surface area contributed by atoms with E-state index in [1.54, 1.807) is 16.2 Å². The summed E-state index contributed by atoms with van der Waals surface area (Å²) in [6, 6.07) is 4.46. The van der Waals surface area contributed by atoms with Crippen molar-refractivity contribution in [2.45, 2.75) is 46.1 Å². The number of rotatable bonds is 6. The van der Waals surface area contributed by atoms with Crippen LogP contribution < -0.4 is 5.32 Å². The van der Waals surface area contributed by atoms with E-state index in [-0.39, 0.29) is 17.4 Å². The number of carbonyl (C=O) groups excluding carboxylic acids is 2. The Morgan fingerprint density at radius 2 is 2.11 bits per heavy atom. The molecule has 0 spiro atoms. The first kappa shape index (κ1) is 20.1. The molecule has 0 aromatic carbocycles. The van der Waals surface area contributed by atoms with Crippen molar-refractivity contribution in [1.82, 2.24) is 15.1 Å². The third-order valence-corrected chi connectivity index (χ3v) is 6.13. The van der Waals surface area contributed by atoms with Gasteiger partial charge in [-0.05, 0) is 43.4 Å². The first-order valence-corrected chi connectivity index (χ1v) is 10.7. The summed E-state index contributed by atoms with van der Waals surface area (Å²) in [6.07, 6.45) is 2.94. The lowest BCUT2D eigenvalue weighted by Crippen LogP contribution is -2.42. The number of hydrogen-bond acceptors (Lipinski definition) is 5. The summed E-state index contributed by atoms with van der Waals surface area (Å²) in [4.78, 5) is 30.3. The van der Waals surface area contributed by atoms with E-state index in [1.807, 2.05) is 6.07 Å². The molecule has 27 heavy (non-hydrogen) atoms. The molecule has 0 unspecified atom stereocenters. The van der Waals surface area contributed by atoms with Crippen LogP contribution in [0.4, 0.5) is 4.79 Å². The minimum Gasteiger partial charge on any atom is -0.449 e. The number of amides is 2. The zero-order valence-corrected chi connectivity index (χ0v) is 17.4. The van der Waals surface area contributed by atoms with Gasteiger partial charge in [0.15, 0.2) is 0 Å². The lowest BCUT2D eigenvalue weighted by Gasteiger charge is -2.30. The van der Waals surface area contributed by atoms with E-state index in [0.29, 0.717) is 32.3 Å². The van der Waals surface area contributed by atoms with E-state index in [1.165, 1.54) is 11.3 Å². The second-order valence-corrected chi connectivity index (χ2v) is 9.72. The fraction of sp³-hybridized carbons (Fsp3) is 0.700. The molecule has 0 aliphatic carbocycles. The van der Waals surface area contributed by atoms with Gasteiger partial charge in [-0.15, -0.1) is 11.3 Å². The molecule has 2 fully saturated rings. The van der Waals surface area contributed by atoms with Gasteiger partial charge in [-0.3, -0.25) is 9.69 Å². The Morgan fingerprint density at radius 1 is 1.30 bits per heavy atom. The number of nitrogens with one attached hydrogen (secondary N) is 1. The molecule has 3 heterocycles. The zero-order chi connectivity index (χ0) is 19.4. The van der Waals surface area contributed by atoms with Gasteiger partial charge in [0.2, 0.25) is 0 Å². The SMILES string of the molecule is CC(C)(C)CN1CCC[C@@H]1c1ccc(C(=O)NCCN2CCCOC2=O)s1. The van der Waals surface area contributed by atoms with Crippen LogP contribution in [0.15, 0.2) is 12.1 Å². The van der Waals surface area contributed by atoms with Crippen LogP contribution >= 0.6 is 11.3 Å². The Balaban J connectivity index is 1.52. The third-order valence-electron chi connectivity index (χ3n) is 4.94. The highest BCUT2D eigenvalue weighted by molar-refractivity contribution is 7.14. The predicted octanol–water partition coefficient (Wildman–Crippen LogP) is 3.50. The second-order valence-electron chi connectivity index (χ2n) is 8.60. The fourth-order valence-corrected chi connectivity index (χ4v) is 4.89. The zero-order valence-electron chi connectivity index (χ0n) is 16.6. The van der Waals surface area contributed by atoms with E-state index >= 15 is 0 Å². The number of nitrogens with zero attached hydrogens (tertiary/aromatic N) is 2. The van der Waals surface area contributed by atoms with E-state index in [9.17, 15) is 9.59 Å². The first-order chi connectivity index (χ1) is 12.8. The van der Waals surface area contributed by atoms with Crippen molar-refractivity contribution in [2.75, 3.05) is 39.3 Å². The van der Waals surface area contributed by atoms with E-state index in [2.05, 4.69) is 37.1 Å². The summed E-state index contributed by atoms with van der Waals surface area (Å²) >= 11 is 1.60. The molecular weight excluding hydrogens is 362 g/mol. The maximum Gasteiger partial charge on any atom is 0.409 e. The van der Waals surface area contributed by atoms with Crippen molar-refractivity contribution in [2.24, 2.45) is 5.41 Å². The van der Waals surface area contributed by atoms with Crippen molar-refractivity contribution in [3.05, 3.63) is 21.9 Å². The van der Waals surface area contributed by atoms with E-state index in [0.717, 1.165) is 30.8 Å². The van der Waals surface area contributed by atoms with Crippen LogP contribution in [0.2, 0.25) is 0 Å². The molecule has 2 aliphatic rings. The lowest BCUT2D eigenvalue weighted by molar-refractivity contribution is 0.0720. The Labute approximate surface area is 165 Å². The normalized spacial score (nSPS) is 21.4. The van der Waals surface area contributed by atoms with Crippen molar-refractivity contribution in [3.8, 4) is 0 Å². The molecule has 0 saturated carbocycles. The van der Waals surface area contributed by atoms with Crippen molar-refractivity contribution < 1.29 is 14.3 Å². The smallest absolute Gasteiger partial charge is 0.409 e. The number of hydrogen-bond donors (Lipinski definition) is 1. The van der Waals surface area contributed by atoms with Gasteiger partial charge >= 0.3 is 6.09 Å². The molecule has 1 N–H and O–H groups in total. The monoisotopic (exact) mass is 393 g/mol. The summed E-state index contributed by atoms with van der Waals surface area (Å²) in [5, 5.41) is 2.93. The Hall–Kier alpha value is -1.60. The predicted molar refractivity (Wildman–Crippen MR) is 107 cm³/mol. The molecule has 1 atom stereocenters. The molecule has 2 saturated heterocycles. The van der Waals surface area contributed by atoms with Crippen molar-refractivity contribution in [1.29, 1.82) is 0 Å². The van der Waals surface area contributed by atoms with Gasteiger partial charge in [-0.1, -0.05) is 20.8 Å². The maximum absolute atomic E-state index is 12.5. The topological polar surface area (TPSA) is 61.9 Å². The Morgan fingerprint density at radius 3 is 2.85 bits per heavy atom. The van der Waals surface area contributed by atoms with Crippen LogP contribution in [-0.2, 0) is 4.74 Å². The lowest BCUT2D eigenvalue weighted by atomic mass is 9.95. The second kappa shape index (κ2) is 8.61. The van der Waals surface area contributed by atoms with Gasteiger partial charge in [0.05, 0.1) is 11.5 Å². The van der Waals surface area contributed by atoms with Gasteiger partial charge in [0, 0.05) is 37.1 Å². The minimum atomic E-state index is -0.283. The van der Waals surface area contributed by atoms with Gasteiger partial charge in [-0.25, -0.2) is 4.79 Å². The molecule has 0 bridgehead atoms. The van der Waals surface area contributed by atoms with Crippen molar-refractivity contribution in [3.63, 3.8) is 0 Å². The van der Waals surface area contributed by atoms with E-state index in [4.69, 9.17) is 4.74 Å². The summed E-state index contributed by atoms with van der Waals surface area (Å²) in [7, 11) is 0. The van der Waals surface area contributed by atoms with Gasteiger partial charge in [-0.2, -0.15) is 0 Å². The fourth-order valence-electron chi connectivity index (χ4n) is 3.79. The van der Waals surface area contributed by atoms with Gasteiger partial charge in [0.25, 0.3) is 5.91 Å². The van der Waals surface area contributed by atoms with Crippen molar-refractivity contribution >= 4 is 23.3 Å². The van der Waals surface area contributed by atoms with Crippen LogP contribution in [-0.4, -0.2) is 61.1 Å². The molecule has 0 radical (unpaired) electrons. The summed E-state index contributed by atoms with van der Waals surface area (Å²) in [5.74, 6) is -0.0583. The molecule has 6 nitrogen and oxygen atoms in total. The molecule has 2 aliphatic heterocycles. The molecule has 1 aromatic heterocycles. The highest BCUT2D eigenvalue weighted by Gasteiger charge is 2.30. The summed E-state index contributed by atoms with van der Waals surface area (Å²) in [5.41, 5.74) is 0.273. The average molecular weight is 394 g/mol. The van der Waals surface area contributed by atoms with Gasteiger partial charge < -0.3 is 15.0 Å². The third kappa shape index (κ3) is 5.45. The van der Waals surface area contributed by atoms with Gasteiger partial charge in [0.1, 0.15) is 0 Å². The first-order valence-electron chi connectivity index (χ1n) is 9.87. The number of ether oxygens (including phenoxy) is 1. The molecule has 7 heteroatoms. The largest absolute Gasteiger partial charge is 0.449 e. The molecule has 1 aromatic rings. The van der Waals surface area contributed by atoms with Crippen LogP contribution in [0, 0.1) is 5.41 Å². The number of thiophene rings is 1. The Kier molecular flexibility index (Phi) is 6.42. The molecule has 150 valence electrons. The summed E-state index contributed by atoms with van der Waals surface area (Å²) < 4.78 is 5.01. The minimum absolute atomic E-state index is 0.0583.